The number of carboxylic acid groups (broad SMARTS) is 1. The van der Waals surface area contributed by atoms with Crippen molar-refractivity contribution in [3.8, 4) is 0 Å². The minimum atomic E-state index is -1.41. The van der Waals surface area contributed by atoms with Gasteiger partial charge in [0.15, 0.2) is 0 Å². The number of benzene rings is 1. The lowest BCUT2D eigenvalue weighted by molar-refractivity contribution is -0.143. The number of nitrogens with one attached hydrogen (secondary N) is 4. The number of aromatic amines is 1. The highest BCUT2D eigenvalue weighted by Crippen LogP contribution is 2.08. The quantitative estimate of drug-likeness (QED) is 0.158. The van der Waals surface area contributed by atoms with Gasteiger partial charge in [-0.25, -0.2) is 9.78 Å². The molecule has 0 saturated heterocycles. The van der Waals surface area contributed by atoms with Crippen molar-refractivity contribution < 1.29 is 29.1 Å². The number of nitrogens with zero attached hydrogens (tertiary/aromatic N) is 1. The highest BCUT2D eigenvalue weighted by Gasteiger charge is 2.32. The van der Waals surface area contributed by atoms with Crippen LogP contribution in [0.15, 0.2) is 42.9 Å². The van der Waals surface area contributed by atoms with Gasteiger partial charge >= 0.3 is 5.97 Å². The number of primary amides is 1. The summed E-state index contributed by atoms with van der Waals surface area (Å²) >= 11 is 0. The Kier molecular flexibility index (Phi) is 10.8. The zero-order valence-electron chi connectivity index (χ0n) is 20.6. The molecule has 0 aliphatic carbocycles. The third kappa shape index (κ3) is 9.37. The summed E-state index contributed by atoms with van der Waals surface area (Å²) in [6.45, 7) is 3.27. The number of amides is 4. The van der Waals surface area contributed by atoms with Crippen LogP contribution in [0.4, 0.5) is 0 Å². The lowest BCUT2D eigenvalue weighted by atomic mass is 10.0. The SMILES string of the molecule is CC(C)[C@H](NC(=O)[C@H](Cc1ccccc1)NC(=O)[C@H](CC(N)=O)NC(=O)[C@@H](N)Cc1cnc[nH]1)C(=O)O. The van der Waals surface area contributed by atoms with Gasteiger partial charge in [-0.05, 0) is 11.5 Å². The van der Waals surface area contributed by atoms with E-state index in [0.717, 1.165) is 0 Å². The number of nitrogens with two attached hydrogens (primary N) is 2. The second kappa shape index (κ2) is 13.7. The Morgan fingerprint density at radius 2 is 1.57 bits per heavy atom. The van der Waals surface area contributed by atoms with Crippen LogP contribution < -0.4 is 27.4 Å². The van der Waals surface area contributed by atoms with Crippen LogP contribution in [0.2, 0.25) is 0 Å². The molecule has 0 unspecified atom stereocenters. The fourth-order valence-corrected chi connectivity index (χ4v) is 3.51. The van der Waals surface area contributed by atoms with Crippen LogP contribution in [0.3, 0.4) is 0 Å². The molecule has 0 spiro atoms. The monoisotopic (exact) mass is 515 g/mol. The van der Waals surface area contributed by atoms with Gasteiger partial charge in [-0.15, -0.1) is 0 Å². The van der Waals surface area contributed by atoms with E-state index in [4.69, 9.17) is 11.5 Å². The van der Waals surface area contributed by atoms with E-state index in [0.29, 0.717) is 11.3 Å². The van der Waals surface area contributed by atoms with Crippen molar-refractivity contribution >= 4 is 29.6 Å². The molecule has 9 N–H and O–H groups in total. The number of imidazole rings is 1. The van der Waals surface area contributed by atoms with Crippen molar-refractivity contribution in [1.29, 1.82) is 0 Å². The molecule has 37 heavy (non-hydrogen) atoms. The highest BCUT2D eigenvalue weighted by atomic mass is 16.4. The fraction of sp³-hybridized carbons (Fsp3) is 0.417. The van der Waals surface area contributed by atoms with Gasteiger partial charge in [-0.3, -0.25) is 19.2 Å². The second-order valence-corrected chi connectivity index (χ2v) is 8.94. The lowest BCUT2D eigenvalue weighted by Crippen LogP contribution is -2.58. The smallest absolute Gasteiger partial charge is 0.326 e. The largest absolute Gasteiger partial charge is 0.480 e. The molecule has 13 nitrogen and oxygen atoms in total. The molecule has 13 heteroatoms. The van der Waals surface area contributed by atoms with Crippen LogP contribution in [-0.2, 0) is 36.8 Å². The molecule has 2 rings (SSSR count). The van der Waals surface area contributed by atoms with Crippen molar-refractivity contribution in [3.05, 3.63) is 54.1 Å². The Labute approximate surface area is 213 Å². The van der Waals surface area contributed by atoms with Crippen LogP contribution in [0, 0.1) is 5.92 Å². The van der Waals surface area contributed by atoms with E-state index in [1.54, 1.807) is 44.2 Å². The molecule has 0 fully saturated rings. The minimum absolute atomic E-state index is 0.0272. The summed E-state index contributed by atoms with van der Waals surface area (Å²) in [5.41, 5.74) is 12.5. The second-order valence-electron chi connectivity index (χ2n) is 8.94. The Morgan fingerprint density at radius 3 is 2.11 bits per heavy atom. The van der Waals surface area contributed by atoms with E-state index in [2.05, 4.69) is 25.9 Å². The van der Waals surface area contributed by atoms with Crippen LogP contribution in [0.1, 0.15) is 31.5 Å². The maximum atomic E-state index is 13.1. The first-order valence-electron chi connectivity index (χ1n) is 11.7. The third-order valence-corrected chi connectivity index (χ3v) is 5.52. The predicted octanol–water partition coefficient (Wildman–Crippen LogP) is -1.41. The molecule has 0 radical (unpaired) electrons. The van der Waals surface area contributed by atoms with E-state index in [-0.39, 0.29) is 12.8 Å². The van der Waals surface area contributed by atoms with Gasteiger partial charge in [0.2, 0.25) is 23.6 Å². The Bertz CT molecular complexity index is 1070. The number of hydrogen-bond acceptors (Lipinski definition) is 7. The normalized spacial score (nSPS) is 14.2. The van der Waals surface area contributed by atoms with Crippen molar-refractivity contribution in [2.24, 2.45) is 17.4 Å². The molecule has 0 bridgehead atoms. The molecule has 200 valence electrons. The van der Waals surface area contributed by atoms with E-state index >= 15 is 0 Å². The highest BCUT2D eigenvalue weighted by molar-refractivity contribution is 5.96. The molecule has 1 aromatic heterocycles. The molecule has 4 atom stereocenters. The fourth-order valence-electron chi connectivity index (χ4n) is 3.51. The zero-order chi connectivity index (χ0) is 27.5. The maximum Gasteiger partial charge on any atom is 0.326 e. The third-order valence-electron chi connectivity index (χ3n) is 5.52. The summed E-state index contributed by atoms with van der Waals surface area (Å²) in [4.78, 5) is 68.7. The summed E-state index contributed by atoms with van der Waals surface area (Å²) in [5, 5.41) is 16.8. The number of aliphatic carboxylic acids is 1. The number of H-pyrrole nitrogens is 1. The van der Waals surface area contributed by atoms with Crippen molar-refractivity contribution in [3.63, 3.8) is 0 Å². The van der Waals surface area contributed by atoms with E-state index < -0.39 is 66.1 Å². The molecule has 1 aromatic carbocycles. The van der Waals surface area contributed by atoms with E-state index in [1.165, 1.54) is 12.5 Å². The molecular weight excluding hydrogens is 482 g/mol. The molecular formula is C24H33N7O6. The Hall–Kier alpha value is -4.26. The minimum Gasteiger partial charge on any atom is -0.480 e. The van der Waals surface area contributed by atoms with Gasteiger partial charge in [-0.1, -0.05) is 44.2 Å². The molecule has 2 aromatic rings. The van der Waals surface area contributed by atoms with Gasteiger partial charge in [-0.2, -0.15) is 0 Å². The van der Waals surface area contributed by atoms with Crippen molar-refractivity contribution in [2.45, 2.75) is 57.3 Å². The first-order chi connectivity index (χ1) is 17.5. The van der Waals surface area contributed by atoms with Gasteiger partial charge in [0.1, 0.15) is 18.1 Å². The van der Waals surface area contributed by atoms with Crippen LogP contribution in [-0.4, -0.2) is 68.8 Å². The average molecular weight is 516 g/mol. The van der Waals surface area contributed by atoms with E-state index in [9.17, 15) is 29.1 Å². The number of aromatic nitrogens is 2. The number of carbonyl (C=O) groups is 5. The lowest BCUT2D eigenvalue weighted by Gasteiger charge is -2.26. The molecule has 0 saturated carbocycles. The van der Waals surface area contributed by atoms with Gasteiger partial charge < -0.3 is 37.5 Å². The van der Waals surface area contributed by atoms with E-state index in [1.807, 2.05) is 0 Å². The Morgan fingerprint density at radius 1 is 0.946 bits per heavy atom. The van der Waals surface area contributed by atoms with Gasteiger partial charge in [0, 0.05) is 24.7 Å². The summed E-state index contributed by atoms with van der Waals surface area (Å²) < 4.78 is 0. The first-order valence-corrected chi connectivity index (χ1v) is 11.7. The topological polar surface area (TPSA) is 222 Å². The maximum absolute atomic E-state index is 13.1. The molecule has 1 heterocycles. The summed E-state index contributed by atoms with van der Waals surface area (Å²) in [6.07, 6.45) is 2.50. The Balaban J connectivity index is 2.20. The van der Waals surface area contributed by atoms with Gasteiger partial charge in [0.25, 0.3) is 0 Å². The molecule has 0 aliphatic heterocycles. The molecule has 4 amide bonds. The zero-order valence-corrected chi connectivity index (χ0v) is 20.6. The number of carbonyl (C=O) groups excluding carboxylic acids is 4. The summed E-state index contributed by atoms with van der Waals surface area (Å²) in [7, 11) is 0. The van der Waals surface area contributed by atoms with Gasteiger partial charge in [0.05, 0.1) is 18.8 Å². The van der Waals surface area contributed by atoms with Crippen LogP contribution in [0.5, 0.6) is 0 Å². The number of hydrogen-bond donors (Lipinski definition) is 7. The summed E-state index contributed by atoms with van der Waals surface area (Å²) in [5.74, 6) is -4.82. The number of rotatable bonds is 14. The molecule has 0 aliphatic rings. The summed E-state index contributed by atoms with van der Waals surface area (Å²) in [6, 6.07) is 3.88. The average Bonchev–Trinajstić information content (AvgIpc) is 3.34. The predicted molar refractivity (Wildman–Crippen MR) is 132 cm³/mol. The number of carboxylic acids is 1. The van der Waals surface area contributed by atoms with Crippen LogP contribution >= 0.6 is 0 Å². The van der Waals surface area contributed by atoms with Crippen LogP contribution in [0.25, 0.3) is 0 Å². The first kappa shape index (κ1) is 29.0. The standard InChI is InChI=1S/C24H33N7O6/c1-13(2)20(24(36)37)31-23(35)17(8-14-6-4-3-5-7-14)30-22(34)18(10-19(26)32)29-21(33)16(25)9-15-11-27-12-28-15/h3-7,11-13,16-18,20H,8-10,25H2,1-2H3,(H2,26,32)(H,27,28)(H,29,33)(H,30,34)(H,31,35)(H,36,37)/t16-,17-,18-,20-/m0/s1. The van der Waals surface area contributed by atoms with Crippen molar-refractivity contribution in [1.82, 2.24) is 25.9 Å². The van der Waals surface area contributed by atoms with Crippen molar-refractivity contribution in [2.75, 3.05) is 0 Å².